The zero-order valence-electron chi connectivity index (χ0n) is 18.2. The summed E-state index contributed by atoms with van der Waals surface area (Å²) in [6.45, 7) is 6.85. The van der Waals surface area contributed by atoms with Gasteiger partial charge >= 0.3 is 5.97 Å². The number of pyridine rings is 1. The Morgan fingerprint density at radius 2 is 2.03 bits per heavy atom. The van der Waals surface area contributed by atoms with E-state index in [-0.39, 0.29) is 17.8 Å². The molecule has 0 bridgehead atoms. The normalized spacial score (nSPS) is 12.3. The maximum atomic E-state index is 10.9. The third kappa shape index (κ3) is 7.59. The Balaban J connectivity index is 2.47. The Labute approximate surface area is 183 Å². The highest BCUT2D eigenvalue weighted by atomic mass is 16.4. The first-order valence-corrected chi connectivity index (χ1v) is 10.1. The molecule has 0 aliphatic carbocycles. The number of benzene rings is 1. The minimum Gasteiger partial charge on any atom is -0.481 e. The average Bonchev–Trinajstić information content (AvgIpc) is 2.72. The third-order valence-corrected chi connectivity index (χ3v) is 4.46. The monoisotopic (exact) mass is 419 g/mol. The van der Waals surface area contributed by atoms with E-state index in [0.717, 1.165) is 22.4 Å². The summed E-state index contributed by atoms with van der Waals surface area (Å²) in [5.74, 6) is -0.661. The van der Waals surface area contributed by atoms with Gasteiger partial charge in [-0.05, 0) is 47.6 Å². The van der Waals surface area contributed by atoms with Crippen LogP contribution in [0.25, 0.3) is 5.57 Å². The molecule has 0 saturated carbocycles. The molecule has 3 N–H and O–H groups in total. The molecule has 0 radical (unpaired) electrons. The van der Waals surface area contributed by atoms with E-state index in [2.05, 4.69) is 30.7 Å². The van der Waals surface area contributed by atoms with E-state index in [4.69, 9.17) is 16.1 Å². The van der Waals surface area contributed by atoms with Crippen molar-refractivity contribution in [3.8, 4) is 6.19 Å². The molecule has 0 saturated heterocycles. The molecule has 0 spiro atoms. The molecule has 0 unspecified atom stereocenters. The minimum absolute atomic E-state index is 0.0789. The molecule has 162 valence electrons. The summed E-state index contributed by atoms with van der Waals surface area (Å²) >= 11 is 0. The maximum Gasteiger partial charge on any atom is 0.303 e. The maximum absolute atomic E-state index is 10.9. The minimum atomic E-state index is -0.802. The Morgan fingerprint density at radius 3 is 2.65 bits per heavy atom. The number of aliphatic carboxylic acids is 1. The van der Waals surface area contributed by atoms with E-state index in [9.17, 15) is 4.79 Å². The fraction of sp³-hybridized carbons (Fsp3) is 0.333. The number of rotatable bonds is 8. The molecular formula is C24H29N5O2. The Hall–Kier alpha value is -3.66. The smallest absolute Gasteiger partial charge is 0.303 e. The number of anilines is 1. The predicted molar refractivity (Wildman–Crippen MR) is 123 cm³/mol. The Bertz CT molecular complexity index is 985. The van der Waals surface area contributed by atoms with Gasteiger partial charge in [-0.3, -0.25) is 9.78 Å². The first-order valence-electron chi connectivity index (χ1n) is 10.1. The molecule has 7 heteroatoms. The summed E-state index contributed by atoms with van der Waals surface area (Å²) in [5, 5.41) is 17.9. The second kappa shape index (κ2) is 10.9. The van der Waals surface area contributed by atoms with E-state index < -0.39 is 5.97 Å². The number of hydrogen-bond donors (Lipinski definition) is 2. The predicted octanol–water partition coefficient (Wildman–Crippen LogP) is 4.42. The molecule has 31 heavy (non-hydrogen) atoms. The zero-order valence-corrected chi connectivity index (χ0v) is 18.2. The Kier molecular flexibility index (Phi) is 8.33. The Morgan fingerprint density at radius 1 is 1.29 bits per heavy atom. The SMILES string of the molecule is CC(C)(C)CN(C(N)=NC#N)c1cccc(/C(=C\CCCC(=O)O)c2cccnc2)c1. The van der Waals surface area contributed by atoms with Crippen LogP contribution >= 0.6 is 0 Å². The highest BCUT2D eigenvalue weighted by molar-refractivity contribution is 5.96. The lowest BCUT2D eigenvalue weighted by Gasteiger charge is -2.30. The van der Waals surface area contributed by atoms with E-state index in [1.807, 2.05) is 47.4 Å². The molecule has 7 nitrogen and oxygen atoms in total. The second-order valence-electron chi connectivity index (χ2n) is 8.41. The summed E-state index contributed by atoms with van der Waals surface area (Å²) < 4.78 is 0. The molecule has 0 amide bonds. The van der Waals surface area contributed by atoms with Crippen molar-refractivity contribution < 1.29 is 9.90 Å². The summed E-state index contributed by atoms with van der Waals surface area (Å²) in [6, 6.07) is 11.7. The summed E-state index contributed by atoms with van der Waals surface area (Å²) in [7, 11) is 0. The molecule has 2 aromatic rings. The molecule has 0 aliphatic heterocycles. The quantitative estimate of drug-likeness (QED) is 0.283. The van der Waals surface area contributed by atoms with Crippen LogP contribution in [0, 0.1) is 16.9 Å². The van der Waals surface area contributed by atoms with Crippen LogP contribution in [0.5, 0.6) is 0 Å². The molecule has 0 fully saturated rings. The number of nitrogens with zero attached hydrogens (tertiary/aromatic N) is 4. The van der Waals surface area contributed by atoms with Crippen LogP contribution in [0.15, 0.2) is 59.9 Å². The van der Waals surface area contributed by atoms with Gasteiger partial charge in [-0.1, -0.05) is 45.0 Å². The number of aromatic nitrogens is 1. The summed E-state index contributed by atoms with van der Waals surface area (Å²) in [5.41, 5.74) is 9.70. The van der Waals surface area contributed by atoms with Crippen molar-refractivity contribution in [1.82, 2.24) is 4.98 Å². The highest BCUT2D eigenvalue weighted by Gasteiger charge is 2.20. The van der Waals surface area contributed by atoms with Gasteiger partial charge in [0.1, 0.15) is 0 Å². The molecular weight excluding hydrogens is 390 g/mol. The van der Waals surface area contributed by atoms with Gasteiger partial charge in [-0.25, -0.2) is 0 Å². The van der Waals surface area contributed by atoms with Crippen LogP contribution in [-0.4, -0.2) is 28.6 Å². The van der Waals surface area contributed by atoms with Crippen LogP contribution in [0.3, 0.4) is 0 Å². The standard InChI is InChI=1S/C24H29N5O2/c1-24(2,3)16-29(23(26)28-17-25)20-10-6-8-18(14-20)21(11-4-5-12-22(30)31)19-9-7-13-27-15-19/h6-11,13-15H,4-5,12,16H2,1-3H3,(H2,26,28)(H,30,31)/b21-11+. The van der Waals surface area contributed by atoms with Crippen molar-refractivity contribution in [3.05, 3.63) is 66.0 Å². The van der Waals surface area contributed by atoms with Gasteiger partial charge in [0, 0.05) is 36.6 Å². The molecule has 1 aromatic heterocycles. The fourth-order valence-corrected chi connectivity index (χ4v) is 3.16. The molecule has 0 aliphatic rings. The number of nitriles is 1. The first kappa shape index (κ1) is 23.6. The fourth-order valence-electron chi connectivity index (χ4n) is 3.16. The molecule has 2 rings (SSSR count). The summed E-state index contributed by atoms with van der Waals surface area (Å²) in [6.07, 6.45) is 8.61. The lowest BCUT2D eigenvalue weighted by molar-refractivity contribution is -0.137. The number of carboxylic acids is 1. The van der Waals surface area contributed by atoms with Crippen molar-refractivity contribution in [2.75, 3.05) is 11.4 Å². The number of hydrogen-bond acceptors (Lipinski definition) is 4. The van der Waals surface area contributed by atoms with Gasteiger partial charge in [0.25, 0.3) is 0 Å². The van der Waals surface area contributed by atoms with Gasteiger partial charge < -0.3 is 15.7 Å². The number of unbranched alkanes of at least 4 members (excludes halogenated alkanes) is 1. The number of nitrogens with two attached hydrogens (primary N) is 1. The van der Waals surface area contributed by atoms with Crippen molar-refractivity contribution in [2.45, 2.75) is 40.0 Å². The van der Waals surface area contributed by atoms with Crippen LogP contribution < -0.4 is 10.6 Å². The van der Waals surface area contributed by atoms with Crippen molar-refractivity contribution in [2.24, 2.45) is 16.1 Å². The van der Waals surface area contributed by atoms with Crippen LogP contribution in [0.4, 0.5) is 5.69 Å². The lowest BCUT2D eigenvalue weighted by atomic mass is 9.94. The number of guanidine groups is 1. The van der Waals surface area contributed by atoms with Crippen molar-refractivity contribution in [3.63, 3.8) is 0 Å². The van der Waals surface area contributed by atoms with E-state index in [0.29, 0.717) is 19.4 Å². The van der Waals surface area contributed by atoms with E-state index in [1.165, 1.54) is 0 Å². The zero-order chi connectivity index (χ0) is 22.9. The molecule has 1 heterocycles. The number of allylic oxidation sites excluding steroid dienone is 1. The number of carbonyl (C=O) groups is 1. The van der Waals surface area contributed by atoms with Gasteiger partial charge in [-0.15, -0.1) is 4.99 Å². The third-order valence-electron chi connectivity index (χ3n) is 4.46. The lowest BCUT2D eigenvalue weighted by Crippen LogP contribution is -2.42. The largest absolute Gasteiger partial charge is 0.481 e. The topological polar surface area (TPSA) is 116 Å². The van der Waals surface area contributed by atoms with Crippen LogP contribution in [0.1, 0.15) is 51.2 Å². The second-order valence-corrected chi connectivity index (χ2v) is 8.41. The van der Waals surface area contributed by atoms with Crippen LogP contribution in [0.2, 0.25) is 0 Å². The van der Waals surface area contributed by atoms with Crippen molar-refractivity contribution >= 4 is 23.2 Å². The van der Waals surface area contributed by atoms with Crippen molar-refractivity contribution in [1.29, 1.82) is 5.26 Å². The summed E-state index contributed by atoms with van der Waals surface area (Å²) in [4.78, 5) is 20.7. The van der Waals surface area contributed by atoms with Gasteiger partial charge in [0.2, 0.25) is 12.2 Å². The van der Waals surface area contributed by atoms with E-state index >= 15 is 0 Å². The van der Waals surface area contributed by atoms with Crippen LogP contribution in [-0.2, 0) is 4.79 Å². The highest BCUT2D eigenvalue weighted by Crippen LogP contribution is 2.29. The van der Waals surface area contributed by atoms with Gasteiger partial charge in [-0.2, -0.15) is 5.26 Å². The average molecular weight is 420 g/mol. The first-order chi connectivity index (χ1) is 14.7. The number of aliphatic imine (C=N–C) groups is 1. The number of carboxylic acid groups (broad SMARTS) is 1. The van der Waals surface area contributed by atoms with E-state index in [1.54, 1.807) is 18.6 Å². The van der Waals surface area contributed by atoms with Gasteiger partial charge in [0.05, 0.1) is 0 Å². The van der Waals surface area contributed by atoms with Gasteiger partial charge in [0.15, 0.2) is 0 Å². The molecule has 0 atom stereocenters. The molecule has 1 aromatic carbocycles.